The molecule has 0 radical (unpaired) electrons. The number of thiazole rings is 1. The summed E-state index contributed by atoms with van der Waals surface area (Å²) in [5.41, 5.74) is 0. The van der Waals surface area contributed by atoms with Crippen molar-refractivity contribution in [3.63, 3.8) is 0 Å². The van der Waals surface area contributed by atoms with Gasteiger partial charge in [0, 0.05) is 56.1 Å². The van der Waals surface area contributed by atoms with Gasteiger partial charge in [0.15, 0.2) is 5.96 Å². The molecule has 1 amide bonds. The summed E-state index contributed by atoms with van der Waals surface area (Å²) in [5.74, 6) is 1.18. The minimum absolute atomic E-state index is 0.0815. The predicted octanol–water partition coefficient (Wildman–Crippen LogP) is 2.06. The summed E-state index contributed by atoms with van der Waals surface area (Å²) in [6, 6.07) is 0.369. The molecule has 1 aliphatic rings. The first kappa shape index (κ1) is 19.7. The zero-order valence-corrected chi connectivity index (χ0v) is 16.7. The summed E-state index contributed by atoms with van der Waals surface area (Å²) in [5, 5.41) is 8.02. The van der Waals surface area contributed by atoms with E-state index in [9.17, 15) is 4.79 Å². The number of guanidine groups is 1. The van der Waals surface area contributed by atoms with Crippen molar-refractivity contribution < 1.29 is 4.79 Å². The summed E-state index contributed by atoms with van der Waals surface area (Å²) in [4.78, 5) is 24.1. The van der Waals surface area contributed by atoms with E-state index in [0.29, 0.717) is 6.04 Å². The van der Waals surface area contributed by atoms with Crippen molar-refractivity contribution in [1.29, 1.82) is 0 Å². The molecular formula is C18H31N5OS. The summed E-state index contributed by atoms with van der Waals surface area (Å²) >= 11 is 1.78. The summed E-state index contributed by atoms with van der Waals surface area (Å²) in [6.45, 7) is 8.55. The molecule has 6 nitrogen and oxygen atoms in total. The van der Waals surface area contributed by atoms with E-state index >= 15 is 0 Å². The van der Waals surface area contributed by atoms with Crippen LogP contribution in [0.25, 0.3) is 0 Å². The van der Waals surface area contributed by atoms with Crippen LogP contribution in [0.15, 0.2) is 11.2 Å². The first-order valence-corrected chi connectivity index (χ1v) is 10.0. The number of aromatic nitrogens is 1. The third-order valence-corrected chi connectivity index (χ3v) is 5.65. The van der Waals surface area contributed by atoms with Crippen molar-refractivity contribution in [2.45, 2.75) is 52.5 Å². The van der Waals surface area contributed by atoms with Crippen molar-refractivity contribution in [2.75, 3.05) is 26.7 Å². The first-order valence-electron chi connectivity index (χ1n) is 9.23. The van der Waals surface area contributed by atoms with Gasteiger partial charge in [0.05, 0.1) is 5.01 Å². The predicted molar refractivity (Wildman–Crippen MR) is 104 cm³/mol. The van der Waals surface area contributed by atoms with Crippen LogP contribution in [-0.4, -0.2) is 54.5 Å². The number of carbonyl (C=O) groups is 1. The largest absolute Gasteiger partial charge is 0.356 e. The second kappa shape index (κ2) is 9.75. The average Bonchev–Trinajstić information content (AvgIpc) is 3.08. The average molecular weight is 366 g/mol. The molecule has 0 bridgehead atoms. The minimum Gasteiger partial charge on any atom is -0.356 e. The number of rotatable bonds is 6. The smallest absolute Gasteiger partial charge is 0.225 e. The van der Waals surface area contributed by atoms with Crippen LogP contribution in [0.5, 0.6) is 0 Å². The van der Waals surface area contributed by atoms with Crippen molar-refractivity contribution in [3.05, 3.63) is 16.1 Å². The highest BCUT2D eigenvalue weighted by Gasteiger charge is 2.24. The minimum atomic E-state index is 0.0815. The van der Waals surface area contributed by atoms with E-state index < -0.39 is 0 Å². The maximum atomic E-state index is 12.0. The molecular weight excluding hydrogens is 334 g/mol. The summed E-state index contributed by atoms with van der Waals surface area (Å²) in [6.07, 6.45) is 5.86. The number of piperidine rings is 1. The van der Waals surface area contributed by atoms with Crippen LogP contribution in [0.3, 0.4) is 0 Å². The van der Waals surface area contributed by atoms with E-state index in [1.807, 2.05) is 24.9 Å². The topological polar surface area (TPSA) is 69.6 Å². The van der Waals surface area contributed by atoms with Gasteiger partial charge in [0.2, 0.25) is 5.91 Å². The van der Waals surface area contributed by atoms with Gasteiger partial charge < -0.3 is 15.5 Å². The lowest BCUT2D eigenvalue weighted by molar-refractivity contribution is -0.135. The van der Waals surface area contributed by atoms with Gasteiger partial charge in [-0.15, -0.1) is 11.3 Å². The van der Waals surface area contributed by atoms with E-state index in [4.69, 9.17) is 0 Å². The molecule has 1 aliphatic heterocycles. The summed E-state index contributed by atoms with van der Waals surface area (Å²) < 4.78 is 0. The van der Waals surface area contributed by atoms with Crippen LogP contribution < -0.4 is 10.6 Å². The Morgan fingerprint density at radius 1 is 1.44 bits per heavy atom. The molecule has 0 aromatic carbocycles. The van der Waals surface area contributed by atoms with Gasteiger partial charge in [-0.3, -0.25) is 9.79 Å². The standard InChI is InChI=1S/C18H31N5OS/c1-5-15-12-21-16(25-15)6-9-20-18(19-4)22-14-7-10-23(11-8-14)17(24)13(2)3/h12-14H,5-11H2,1-4H3,(H2,19,20,22). The Morgan fingerprint density at radius 2 is 2.16 bits per heavy atom. The van der Waals surface area contributed by atoms with Crippen molar-refractivity contribution in [1.82, 2.24) is 20.5 Å². The number of nitrogens with zero attached hydrogens (tertiary/aromatic N) is 3. The fourth-order valence-corrected chi connectivity index (χ4v) is 3.77. The second-order valence-corrected chi connectivity index (χ2v) is 7.92. The highest BCUT2D eigenvalue weighted by Crippen LogP contribution is 2.14. The lowest BCUT2D eigenvalue weighted by Crippen LogP contribution is -2.50. The molecule has 1 aromatic rings. The van der Waals surface area contributed by atoms with Crippen LogP contribution in [0, 0.1) is 5.92 Å². The van der Waals surface area contributed by atoms with Crippen LogP contribution in [-0.2, 0) is 17.6 Å². The molecule has 0 atom stereocenters. The SMILES string of the molecule is CCc1cnc(CCNC(=NC)NC2CCN(C(=O)C(C)C)CC2)s1. The van der Waals surface area contributed by atoms with E-state index in [-0.39, 0.29) is 11.8 Å². The number of hydrogen-bond donors (Lipinski definition) is 2. The molecule has 2 heterocycles. The quantitative estimate of drug-likeness (QED) is 0.598. The van der Waals surface area contributed by atoms with E-state index in [1.54, 1.807) is 18.4 Å². The number of aryl methyl sites for hydroxylation is 1. The molecule has 2 rings (SSSR count). The number of nitrogens with one attached hydrogen (secondary N) is 2. The molecule has 0 aliphatic carbocycles. The maximum absolute atomic E-state index is 12.0. The molecule has 7 heteroatoms. The Balaban J connectivity index is 1.71. The van der Waals surface area contributed by atoms with Crippen molar-refractivity contribution in [3.8, 4) is 0 Å². The molecule has 0 saturated carbocycles. The van der Waals surface area contributed by atoms with Crippen molar-refractivity contribution in [2.24, 2.45) is 10.9 Å². The van der Waals surface area contributed by atoms with E-state index in [0.717, 1.165) is 51.3 Å². The maximum Gasteiger partial charge on any atom is 0.225 e. The number of amides is 1. The monoisotopic (exact) mass is 365 g/mol. The fourth-order valence-electron chi connectivity index (χ4n) is 2.91. The van der Waals surface area contributed by atoms with E-state index in [1.165, 1.54) is 9.88 Å². The third kappa shape index (κ3) is 5.99. The van der Waals surface area contributed by atoms with Crippen LogP contribution in [0.2, 0.25) is 0 Å². The molecule has 0 unspecified atom stereocenters. The van der Waals surface area contributed by atoms with Crippen LogP contribution in [0.4, 0.5) is 0 Å². The Morgan fingerprint density at radius 3 is 2.72 bits per heavy atom. The fraction of sp³-hybridized carbons (Fsp3) is 0.722. The highest BCUT2D eigenvalue weighted by atomic mass is 32.1. The van der Waals surface area contributed by atoms with Crippen molar-refractivity contribution >= 4 is 23.2 Å². The number of carbonyl (C=O) groups excluding carboxylic acids is 1. The zero-order chi connectivity index (χ0) is 18.2. The van der Waals surface area contributed by atoms with Gasteiger partial charge in [-0.05, 0) is 19.3 Å². The zero-order valence-electron chi connectivity index (χ0n) is 15.8. The normalized spacial score (nSPS) is 16.4. The Kier molecular flexibility index (Phi) is 7.68. The third-order valence-electron chi connectivity index (χ3n) is 4.45. The lowest BCUT2D eigenvalue weighted by atomic mass is 10.0. The van der Waals surface area contributed by atoms with Gasteiger partial charge >= 0.3 is 0 Å². The Bertz CT molecular complexity index is 576. The highest BCUT2D eigenvalue weighted by molar-refractivity contribution is 7.11. The van der Waals surface area contributed by atoms with E-state index in [2.05, 4.69) is 27.5 Å². The molecule has 1 saturated heterocycles. The molecule has 1 fully saturated rings. The molecule has 0 spiro atoms. The van der Waals surface area contributed by atoms with Gasteiger partial charge in [0.25, 0.3) is 0 Å². The van der Waals surface area contributed by atoms with Gasteiger partial charge in [-0.25, -0.2) is 4.98 Å². The molecule has 2 N–H and O–H groups in total. The Hall–Kier alpha value is -1.63. The first-order chi connectivity index (χ1) is 12.0. The number of aliphatic imine (C=N–C) groups is 1. The van der Waals surface area contributed by atoms with Crippen LogP contribution >= 0.6 is 11.3 Å². The lowest BCUT2D eigenvalue weighted by Gasteiger charge is -2.34. The number of likely N-dealkylation sites (tertiary alicyclic amines) is 1. The van der Waals surface area contributed by atoms with Gasteiger partial charge in [-0.1, -0.05) is 20.8 Å². The summed E-state index contributed by atoms with van der Waals surface area (Å²) in [7, 11) is 1.80. The molecule has 1 aromatic heterocycles. The second-order valence-electron chi connectivity index (χ2n) is 6.72. The molecule has 140 valence electrons. The van der Waals surface area contributed by atoms with Gasteiger partial charge in [-0.2, -0.15) is 0 Å². The van der Waals surface area contributed by atoms with Crippen LogP contribution in [0.1, 0.15) is 43.5 Å². The van der Waals surface area contributed by atoms with Gasteiger partial charge in [0.1, 0.15) is 0 Å². The Labute approximate surface area is 155 Å². The number of hydrogen-bond acceptors (Lipinski definition) is 4. The molecule has 25 heavy (non-hydrogen) atoms.